The van der Waals surface area contributed by atoms with Crippen LogP contribution in [-0.2, 0) is 6.54 Å². The third kappa shape index (κ3) is 3.94. The van der Waals surface area contributed by atoms with E-state index in [1.54, 1.807) is 10.9 Å². The summed E-state index contributed by atoms with van der Waals surface area (Å²) in [7, 11) is 0. The molecule has 1 aromatic carbocycles. The lowest BCUT2D eigenvalue weighted by atomic mass is 10.1. The van der Waals surface area contributed by atoms with Crippen molar-refractivity contribution in [2.75, 3.05) is 25.4 Å². The van der Waals surface area contributed by atoms with Crippen molar-refractivity contribution in [2.45, 2.75) is 33.2 Å². The largest absolute Gasteiger partial charge is 0.494 e. The van der Waals surface area contributed by atoms with Gasteiger partial charge in [0.1, 0.15) is 5.75 Å². The smallest absolute Gasteiger partial charge is 0.221 e. The highest BCUT2D eigenvalue weighted by Gasteiger charge is 2.14. The van der Waals surface area contributed by atoms with Crippen molar-refractivity contribution in [3.05, 3.63) is 41.2 Å². The number of hydrogen-bond donors (Lipinski definition) is 1. The van der Waals surface area contributed by atoms with E-state index < -0.39 is 0 Å². The number of aryl methyl sites for hydroxylation is 1. The number of anilines is 1. The van der Waals surface area contributed by atoms with Crippen LogP contribution in [0.3, 0.4) is 0 Å². The fourth-order valence-corrected chi connectivity index (χ4v) is 3.01. The van der Waals surface area contributed by atoms with Gasteiger partial charge in [0.05, 0.1) is 24.7 Å². The number of nitrogens with two attached hydrogens (primary N) is 1. The Kier molecular flexibility index (Phi) is 5.15. The second-order valence-corrected chi connectivity index (χ2v) is 6.11. The molecule has 0 spiro atoms. The summed E-state index contributed by atoms with van der Waals surface area (Å²) in [5.74, 6) is 1.35. The molecule has 24 heavy (non-hydrogen) atoms. The molecule has 0 unspecified atom stereocenters. The van der Waals surface area contributed by atoms with Crippen LogP contribution in [0, 0.1) is 6.92 Å². The quantitative estimate of drug-likeness (QED) is 0.828. The van der Waals surface area contributed by atoms with E-state index in [0.29, 0.717) is 12.6 Å². The average molecular weight is 327 g/mol. The third-order valence-corrected chi connectivity index (χ3v) is 4.14. The van der Waals surface area contributed by atoms with Gasteiger partial charge in [-0.3, -0.25) is 4.90 Å². The topological polar surface area (TPSA) is 68.7 Å². The number of nitrogens with zero attached hydrogens (tertiary/aromatic N) is 4. The van der Waals surface area contributed by atoms with Crippen LogP contribution in [0.1, 0.15) is 36.6 Å². The Morgan fingerprint density at radius 2 is 2.12 bits per heavy atom. The molecular formula is C18H25N5O. The summed E-state index contributed by atoms with van der Waals surface area (Å²) in [5.41, 5.74) is 8.90. The molecule has 0 bridgehead atoms. The van der Waals surface area contributed by atoms with Gasteiger partial charge in [-0.25, -0.2) is 9.66 Å². The van der Waals surface area contributed by atoms with Crippen molar-refractivity contribution in [1.82, 2.24) is 14.6 Å². The van der Waals surface area contributed by atoms with Crippen LogP contribution >= 0.6 is 0 Å². The van der Waals surface area contributed by atoms with Crippen LogP contribution in [0.15, 0.2) is 29.5 Å². The van der Waals surface area contributed by atoms with Gasteiger partial charge in [-0.05, 0) is 63.5 Å². The van der Waals surface area contributed by atoms with E-state index in [0.717, 1.165) is 36.6 Å². The van der Waals surface area contributed by atoms with Crippen LogP contribution in [-0.4, -0.2) is 40.5 Å². The van der Waals surface area contributed by atoms with E-state index in [-0.39, 0.29) is 0 Å². The van der Waals surface area contributed by atoms with Crippen molar-refractivity contribution >= 4 is 12.2 Å². The number of benzene rings is 1. The Hall–Kier alpha value is -2.34. The minimum atomic E-state index is 0.395. The number of imidazole rings is 1. The second kappa shape index (κ2) is 7.49. The third-order valence-electron chi connectivity index (χ3n) is 4.14. The van der Waals surface area contributed by atoms with Gasteiger partial charge in [0, 0.05) is 12.1 Å². The van der Waals surface area contributed by atoms with Gasteiger partial charge in [0.25, 0.3) is 0 Å². The highest BCUT2D eigenvalue weighted by molar-refractivity contribution is 5.80. The van der Waals surface area contributed by atoms with Gasteiger partial charge in [-0.2, -0.15) is 5.10 Å². The van der Waals surface area contributed by atoms with Crippen molar-refractivity contribution < 1.29 is 4.74 Å². The molecule has 2 N–H and O–H groups in total. The first-order valence-corrected chi connectivity index (χ1v) is 8.49. The molecule has 6 nitrogen and oxygen atoms in total. The molecule has 1 aromatic heterocycles. The summed E-state index contributed by atoms with van der Waals surface area (Å²) < 4.78 is 7.37. The van der Waals surface area contributed by atoms with Crippen LogP contribution in [0.5, 0.6) is 5.75 Å². The van der Waals surface area contributed by atoms with Gasteiger partial charge < -0.3 is 10.5 Å². The highest BCUT2D eigenvalue weighted by Crippen LogP contribution is 2.23. The average Bonchev–Trinajstić information content (AvgIpc) is 3.17. The summed E-state index contributed by atoms with van der Waals surface area (Å²) in [4.78, 5) is 6.62. The molecule has 2 heterocycles. The molecule has 1 aliphatic heterocycles. The Labute approximate surface area is 142 Å². The fraction of sp³-hybridized carbons (Fsp3) is 0.444. The van der Waals surface area contributed by atoms with Gasteiger partial charge >= 0.3 is 0 Å². The van der Waals surface area contributed by atoms with Crippen molar-refractivity contribution in [3.63, 3.8) is 0 Å². The van der Waals surface area contributed by atoms with E-state index in [4.69, 9.17) is 10.5 Å². The highest BCUT2D eigenvalue weighted by atomic mass is 16.5. The molecule has 3 rings (SSSR count). The summed E-state index contributed by atoms with van der Waals surface area (Å²) in [6, 6.07) is 6.19. The molecule has 0 atom stereocenters. The number of ether oxygens (including phenoxy) is 1. The van der Waals surface area contributed by atoms with Crippen molar-refractivity contribution in [3.8, 4) is 5.75 Å². The van der Waals surface area contributed by atoms with E-state index in [1.807, 2.05) is 32.2 Å². The minimum absolute atomic E-state index is 0.395. The Morgan fingerprint density at radius 1 is 1.33 bits per heavy atom. The molecule has 6 heteroatoms. The molecule has 1 aliphatic rings. The van der Waals surface area contributed by atoms with E-state index in [1.165, 1.54) is 18.4 Å². The van der Waals surface area contributed by atoms with E-state index >= 15 is 0 Å². The molecule has 0 saturated carbocycles. The van der Waals surface area contributed by atoms with Crippen LogP contribution < -0.4 is 10.5 Å². The molecule has 2 aromatic rings. The first-order valence-electron chi connectivity index (χ1n) is 8.49. The lowest BCUT2D eigenvalue weighted by molar-refractivity contribution is 0.305. The Bertz CT molecular complexity index is 716. The Balaban J connectivity index is 1.81. The molecular weight excluding hydrogens is 302 g/mol. The predicted octanol–water partition coefficient (Wildman–Crippen LogP) is 2.65. The zero-order chi connectivity index (χ0) is 16.9. The van der Waals surface area contributed by atoms with Crippen LogP contribution in [0.25, 0.3) is 0 Å². The molecule has 1 fully saturated rings. The number of likely N-dealkylation sites (tertiary alicyclic amines) is 1. The maximum atomic E-state index is 5.82. The first-order chi connectivity index (χ1) is 11.7. The first kappa shape index (κ1) is 16.5. The van der Waals surface area contributed by atoms with Crippen molar-refractivity contribution in [2.24, 2.45) is 5.10 Å². The van der Waals surface area contributed by atoms with E-state index in [2.05, 4.69) is 21.1 Å². The van der Waals surface area contributed by atoms with Gasteiger partial charge in [-0.15, -0.1) is 0 Å². The van der Waals surface area contributed by atoms with Gasteiger partial charge in [0.2, 0.25) is 5.95 Å². The Morgan fingerprint density at radius 3 is 2.79 bits per heavy atom. The fourth-order valence-electron chi connectivity index (χ4n) is 3.01. The predicted molar refractivity (Wildman–Crippen MR) is 96.5 cm³/mol. The normalized spacial score (nSPS) is 15.4. The standard InChI is InChI=1S/C18H25N5O/c1-3-24-17-7-6-15(10-16(17)13-22-8-4-5-9-22)11-20-23-12-14(2)21-18(23)19/h6-7,10-12H,3-5,8-9,13H2,1-2H3,(H2,19,21). The molecule has 0 aliphatic carbocycles. The monoisotopic (exact) mass is 327 g/mol. The van der Waals surface area contributed by atoms with Gasteiger partial charge in [-0.1, -0.05) is 0 Å². The zero-order valence-corrected chi connectivity index (χ0v) is 14.4. The zero-order valence-electron chi connectivity index (χ0n) is 14.4. The van der Waals surface area contributed by atoms with Gasteiger partial charge in [0.15, 0.2) is 0 Å². The number of rotatable bonds is 6. The molecule has 0 radical (unpaired) electrons. The summed E-state index contributed by atoms with van der Waals surface area (Å²) in [6.45, 7) is 7.82. The van der Waals surface area contributed by atoms with Crippen molar-refractivity contribution in [1.29, 1.82) is 0 Å². The maximum absolute atomic E-state index is 5.82. The van der Waals surface area contributed by atoms with Crippen LogP contribution in [0.4, 0.5) is 5.95 Å². The number of hydrogen-bond acceptors (Lipinski definition) is 5. The maximum Gasteiger partial charge on any atom is 0.221 e. The lowest BCUT2D eigenvalue weighted by Crippen LogP contribution is -2.19. The van der Waals surface area contributed by atoms with Crippen LogP contribution in [0.2, 0.25) is 0 Å². The number of nitrogen functional groups attached to an aromatic ring is 1. The number of aromatic nitrogens is 2. The summed E-state index contributed by atoms with van der Waals surface area (Å²) in [5, 5.41) is 4.40. The minimum Gasteiger partial charge on any atom is -0.494 e. The molecule has 128 valence electrons. The lowest BCUT2D eigenvalue weighted by Gasteiger charge is -2.18. The molecule has 1 saturated heterocycles. The second-order valence-electron chi connectivity index (χ2n) is 6.11. The summed E-state index contributed by atoms with van der Waals surface area (Å²) in [6.07, 6.45) is 6.18. The molecule has 0 amide bonds. The van der Waals surface area contributed by atoms with E-state index in [9.17, 15) is 0 Å². The summed E-state index contributed by atoms with van der Waals surface area (Å²) >= 11 is 0. The SMILES string of the molecule is CCOc1ccc(C=Nn2cc(C)nc2N)cc1CN1CCCC1.